The maximum atomic E-state index is 9.97. The highest BCUT2D eigenvalue weighted by Crippen LogP contribution is 2.31. The molecule has 0 radical (unpaired) electrons. The van der Waals surface area contributed by atoms with Crippen LogP contribution in [0.1, 0.15) is 18.4 Å². The Morgan fingerprint density at radius 1 is 1.48 bits per heavy atom. The number of piperidine rings is 1. The van der Waals surface area contributed by atoms with Gasteiger partial charge in [-0.25, -0.2) is 0 Å². The van der Waals surface area contributed by atoms with Crippen molar-refractivity contribution < 1.29 is 10.2 Å². The summed E-state index contributed by atoms with van der Waals surface area (Å²) in [4.78, 5) is 0. The predicted molar refractivity (Wildman–Crippen MR) is 94.8 cm³/mol. The lowest BCUT2D eigenvalue weighted by atomic mass is 10.0. The van der Waals surface area contributed by atoms with Crippen LogP contribution in [0.25, 0.3) is 16.7 Å². The molecule has 1 aliphatic rings. The molecule has 1 aromatic carbocycles. The summed E-state index contributed by atoms with van der Waals surface area (Å²) in [6.45, 7) is 5.18. The molecule has 2 aromatic rings. The Morgan fingerprint density at radius 3 is 3.04 bits per heavy atom. The standard InChI is InChI=1S/C18H21ClN2O2/c1-12(22)13-11-21(16-7-2-5-14(19)18(13)16)10-4-6-15-17(23)8-3-9-20-15/h2,4-7,11,15,17,20,22-23H,1,3,8-10H2/b6-4+/t15-,17+/m1/s1. The molecule has 0 aliphatic carbocycles. The molecular weight excluding hydrogens is 312 g/mol. The summed E-state index contributed by atoms with van der Waals surface area (Å²) in [5.41, 5.74) is 1.60. The van der Waals surface area contributed by atoms with Crippen molar-refractivity contribution >= 4 is 28.3 Å². The summed E-state index contributed by atoms with van der Waals surface area (Å²) in [7, 11) is 0. The number of fused-ring (bicyclic) bond motifs is 1. The van der Waals surface area contributed by atoms with Gasteiger partial charge in [-0.05, 0) is 31.5 Å². The van der Waals surface area contributed by atoms with Crippen LogP contribution in [0.2, 0.25) is 5.02 Å². The minimum atomic E-state index is -0.330. The van der Waals surface area contributed by atoms with Crippen LogP contribution in [-0.2, 0) is 6.54 Å². The van der Waals surface area contributed by atoms with E-state index in [2.05, 4.69) is 11.9 Å². The number of nitrogens with one attached hydrogen (secondary N) is 1. The summed E-state index contributed by atoms with van der Waals surface area (Å²) in [5, 5.41) is 24.5. The third-order valence-electron chi connectivity index (χ3n) is 4.28. The summed E-state index contributed by atoms with van der Waals surface area (Å²) in [6, 6.07) is 5.66. The van der Waals surface area contributed by atoms with E-state index in [1.165, 1.54) is 0 Å². The summed E-state index contributed by atoms with van der Waals surface area (Å²) >= 11 is 6.27. The SMILES string of the molecule is C=C(O)c1cn(C/C=C/[C@H]2NCCC[C@@H]2O)c2cccc(Cl)c12. The number of allylic oxidation sites excluding steroid dienone is 1. The van der Waals surface area contributed by atoms with Crippen LogP contribution in [-0.4, -0.2) is 33.5 Å². The van der Waals surface area contributed by atoms with Crippen LogP contribution in [0.5, 0.6) is 0 Å². The second-order valence-corrected chi connectivity index (χ2v) is 6.30. The number of aliphatic hydroxyl groups excluding tert-OH is 2. The summed E-state index contributed by atoms with van der Waals surface area (Å²) < 4.78 is 2.02. The van der Waals surface area contributed by atoms with E-state index in [9.17, 15) is 10.2 Å². The van der Waals surface area contributed by atoms with Crippen molar-refractivity contribution in [1.82, 2.24) is 9.88 Å². The largest absolute Gasteiger partial charge is 0.508 e. The van der Waals surface area contributed by atoms with Gasteiger partial charge >= 0.3 is 0 Å². The van der Waals surface area contributed by atoms with E-state index in [4.69, 9.17) is 11.6 Å². The van der Waals surface area contributed by atoms with Crippen LogP contribution >= 0.6 is 11.6 Å². The van der Waals surface area contributed by atoms with Crippen LogP contribution in [0, 0.1) is 0 Å². The number of benzene rings is 1. The molecule has 1 aliphatic heterocycles. The van der Waals surface area contributed by atoms with Crippen molar-refractivity contribution in [2.75, 3.05) is 6.54 Å². The smallest absolute Gasteiger partial charge is 0.117 e. The van der Waals surface area contributed by atoms with Crippen molar-refractivity contribution in [2.24, 2.45) is 0 Å². The fourth-order valence-electron chi connectivity index (χ4n) is 3.09. The van der Waals surface area contributed by atoms with Crippen LogP contribution < -0.4 is 5.32 Å². The van der Waals surface area contributed by atoms with Crippen LogP contribution in [0.4, 0.5) is 0 Å². The van der Waals surface area contributed by atoms with Gasteiger partial charge in [0.15, 0.2) is 0 Å². The molecule has 3 N–H and O–H groups in total. The summed E-state index contributed by atoms with van der Waals surface area (Å²) in [6.07, 6.45) is 7.40. The highest BCUT2D eigenvalue weighted by molar-refractivity contribution is 6.36. The Labute approximate surface area is 140 Å². The van der Waals surface area contributed by atoms with E-state index < -0.39 is 0 Å². The molecule has 5 heteroatoms. The lowest BCUT2D eigenvalue weighted by Gasteiger charge is -2.26. The van der Waals surface area contributed by atoms with E-state index in [0.717, 1.165) is 30.3 Å². The highest BCUT2D eigenvalue weighted by atomic mass is 35.5. The molecule has 122 valence electrons. The number of aromatic nitrogens is 1. The van der Waals surface area contributed by atoms with Gasteiger partial charge in [-0.3, -0.25) is 0 Å². The molecule has 2 atom stereocenters. The Hall–Kier alpha value is -1.75. The van der Waals surface area contributed by atoms with Gasteiger partial charge in [-0.2, -0.15) is 0 Å². The van der Waals surface area contributed by atoms with Gasteiger partial charge in [-0.15, -0.1) is 0 Å². The topological polar surface area (TPSA) is 57.4 Å². The van der Waals surface area contributed by atoms with Gasteiger partial charge in [0.05, 0.1) is 22.7 Å². The molecule has 0 amide bonds. The Kier molecular flexibility index (Phi) is 4.76. The van der Waals surface area contributed by atoms with Crippen molar-refractivity contribution in [3.8, 4) is 0 Å². The molecule has 1 aromatic heterocycles. The fourth-order valence-corrected chi connectivity index (χ4v) is 3.36. The summed E-state index contributed by atoms with van der Waals surface area (Å²) in [5.74, 6) is 0.00944. The van der Waals surface area contributed by atoms with E-state index >= 15 is 0 Å². The second-order valence-electron chi connectivity index (χ2n) is 5.89. The maximum absolute atomic E-state index is 9.97. The van der Waals surface area contributed by atoms with Crippen molar-refractivity contribution in [2.45, 2.75) is 31.5 Å². The fraction of sp³-hybridized carbons (Fsp3) is 0.333. The van der Waals surface area contributed by atoms with Gasteiger partial charge in [-0.1, -0.05) is 36.4 Å². The molecule has 0 spiro atoms. The number of hydrogen-bond acceptors (Lipinski definition) is 3. The first-order valence-corrected chi connectivity index (χ1v) is 8.19. The number of nitrogens with zero attached hydrogens (tertiary/aromatic N) is 1. The van der Waals surface area contributed by atoms with Crippen molar-refractivity contribution in [3.63, 3.8) is 0 Å². The van der Waals surface area contributed by atoms with Crippen molar-refractivity contribution in [3.05, 3.63) is 53.7 Å². The van der Waals surface area contributed by atoms with Crippen molar-refractivity contribution in [1.29, 1.82) is 0 Å². The molecule has 0 saturated carbocycles. The first kappa shape index (κ1) is 16.1. The van der Waals surface area contributed by atoms with E-state index in [1.807, 2.05) is 35.0 Å². The molecule has 2 heterocycles. The molecule has 23 heavy (non-hydrogen) atoms. The molecule has 1 fully saturated rings. The molecule has 3 rings (SSSR count). The van der Waals surface area contributed by atoms with Gasteiger partial charge in [0.2, 0.25) is 0 Å². The number of aliphatic hydroxyl groups is 2. The van der Waals surface area contributed by atoms with Gasteiger partial charge < -0.3 is 20.1 Å². The Balaban J connectivity index is 1.86. The predicted octanol–water partition coefficient (Wildman–Crippen LogP) is 3.49. The zero-order valence-corrected chi connectivity index (χ0v) is 13.6. The Morgan fingerprint density at radius 2 is 2.30 bits per heavy atom. The zero-order valence-electron chi connectivity index (χ0n) is 12.9. The molecule has 4 nitrogen and oxygen atoms in total. The molecular formula is C18H21ClN2O2. The lowest BCUT2D eigenvalue weighted by Crippen LogP contribution is -2.43. The van der Waals surface area contributed by atoms with Gasteiger partial charge in [0, 0.05) is 23.7 Å². The average molecular weight is 333 g/mol. The van der Waals surface area contributed by atoms with Crippen LogP contribution in [0.15, 0.2) is 43.1 Å². The van der Waals surface area contributed by atoms with E-state index in [1.54, 1.807) is 6.07 Å². The molecule has 0 unspecified atom stereocenters. The third-order valence-corrected chi connectivity index (χ3v) is 4.60. The number of hydrogen-bond donors (Lipinski definition) is 3. The molecule has 0 bridgehead atoms. The average Bonchev–Trinajstić information content (AvgIpc) is 2.90. The quantitative estimate of drug-likeness (QED) is 0.593. The number of halogens is 1. The first-order chi connectivity index (χ1) is 11.1. The molecule has 1 saturated heterocycles. The van der Waals surface area contributed by atoms with Gasteiger partial charge in [0.1, 0.15) is 5.76 Å². The normalized spacial score (nSPS) is 22.0. The zero-order chi connectivity index (χ0) is 16.4. The van der Waals surface area contributed by atoms with E-state index in [0.29, 0.717) is 17.1 Å². The monoisotopic (exact) mass is 332 g/mol. The lowest BCUT2D eigenvalue weighted by molar-refractivity contribution is 0.115. The first-order valence-electron chi connectivity index (χ1n) is 7.81. The number of rotatable bonds is 4. The minimum Gasteiger partial charge on any atom is -0.508 e. The maximum Gasteiger partial charge on any atom is 0.117 e. The minimum absolute atomic E-state index is 0.00134. The van der Waals surface area contributed by atoms with E-state index in [-0.39, 0.29) is 17.9 Å². The highest BCUT2D eigenvalue weighted by Gasteiger charge is 2.19. The van der Waals surface area contributed by atoms with Crippen LogP contribution in [0.3, 0.4) is 0 Å². The Bertz CT molecular complexity index is 751. The van der Waals surface area contributed by atoms with Gasteiger partial charge in [0.25, 0.3) is 0 Å². The third kappa shape index (κ3) is 3.29. The second kappa shape index (κ2) is 6.79.